The smallest absolute Gasteiger partial charge is 0.282 e. The van der Waals surface area contributed by atoms with E-state index in [1.165, 1.54) is 6.07 Å². The van der Waals surface area contributed by atoms with E-state index in [-0.39, 0.29) is 30.3 Å². The van der Waals surface area contributed by atoms with Crippen LogP contribution in [0, 0.1) is 5.82 Å². The van der Waals surface area contributed by atoms with Crippen molar-refractivity contribution in [2.75, 3.05) is 18.4 Å². The molecule has 1 unspecified atom stereocenters. The zero-order valence-corrected chi connectivity index (χ0v) is 18.2. The number of carbonyl (C=O) groups excluding carboxylic acids is 1. The molecule has 1 N–H and O–H groups in total. The molecule has 1 aliphatic rings. The molecule has 174 valence electrons. The summed E-state index contributed by atoms with van der Waals surface area (Å²) in [6.45, 7) is -0.717. The van der Waals surface area contributed by atoms with E-state index in [0.717, 1.165) is 22.0 Å². The molecule has 14 heteroatoms. The maximum atomic E-state index is 13.4. The Morgan fingerprint density at radius 2 is 1.91 bits per heavy atom. The van der Waals surface area contributed by atoms with Crippen LogP contribution in [0.15, 0.2) is 39.9 Å². The summed E-state index contributed by atoms with van der Waals surface area (Å²) in [6, 6.07) is 4.71. The fourth-order valence-electron chi connectivity index (χ4n) is 3.16. The number of hydrogen-bond donors (Lipinski definition) is 1. The van der Waals surface area contributed by atoms with E-state index in [2.05, 4.69) is 36.3 Å². The second-order valence-electron chi connectivity index (χ2n) is 7.13. The lowest BCUT2D eigenvalue weighted by molar-refractivity contribution is -0.117. The quantitative estimate of drug-likeness (QED) is 0.369. The fraction of sp³-hybridized carbons (Fsp3) is 0.316. The van der Waals surface area contributed by atoms with Gasteiger partial charge in [-0.1, -0.05) is 15.9 Å². The summed E-state index contributed by atoms with van der Waals surface area (Å²) in [7, 11) is 0. The minimum absolute atomic E-state index is 0.0196. The maximum absolute atomic E-state index is 13.4. The summed E-state index contributed by atoms with van der Waals surface area (Å²) in [5.41, 5.74) is -0.586. The Morgan fingerprint density at radius 3 is 2.58 bits per heavy atom. The Kier molecular flexibility index (Phi) is 6.56. The molecule has 1 atom stereocenters. The van der Waals surface area contributed by atoms with Crippen LogP contribution < -0.4 is 15.6 Å². The average molecular weight is 531 g/mol. The third-order valence-corrected chi connectivity index (χ3v) is 5.26. The van der Waals surface area contributed by atoms with Gasteiger partial charge in [-0.2, -0.15) is 0 Å². The molecule has 3 heterocycles. The highest BCUT2D eigenvalue weighted by molar-refractivity contribution is 9.10. The summed E-state index contributed by atoms with van der Waals surface area (Å²) in [6.07, 6.45) is -4.43. The molecule has 1 amide bonds. The number of anilines is 1. The number of benzene rings is 1. The van der Waals surface area contributed by atoms with Gasteiger partial charge in [-0.05, 0) is 18.2 Å². The number of amides is 1. The predicted octanol–water partition coefficient (Wildman–Crippen LogP) is 2.35. The predicted molar refractivity (Wildman–Crippen MR) is 111 cm³/mol. The summed E-state index contributed by atoms with van der Waals surface area (Å²) in [4.78, 5) is 33.3. The van der Waals surface area contributed by atoms with Crippen molar-refractivity contribution in [1.82, 2.24) is 24.6 Å². The van der Waals surface area contributed by atoms with Gasteiger partial charge >= 0.3 is 0 Å². The van der Waals surface area contributed by atoms with Gasteiger partial charge < -0.3 is 4.74 Å². The topological polar surface area (TPSA) is 102 Å². The van der Waals surface area contributed by atoms with Gasteiger partial charge in [0.05, 0.1) is 23.2 Å². The molecule has 0 spiro atoms. The van der Waals surface area contributed by atoms with Gasteiger partial charge in [0.15, 0.2) is 5.82 Å². The van der Waals surface area contributed by atoms with Crippen molar-refractivity contribution in [3.63, 3.8) is 0 Å². The van der Waals surface area contributed by atoms with Gasteiger partial charge in [0.2, 0.25) is 24.0 Å². The van der Waals surface area contributed by atoms with E-state index < -0.39 is 42.7 Å². The number of alkyl halides is 3. The molecule has 1 fully saturated rings. The lowest BCUT2D eigenvalue weighted by Gasteiger charge is -2.40. The lowest BCUT2D eigenvalue weighted by Crippen LogP contribution is -2.58. The highest BCUT2D eigenvalue weighted by Gasteiger charge is 2.39. The third-order valence-electron chi connectivity index (χ3n) is 4.76. The SMILES string of the molecule is O=C(Cn1nc(OC2CN(C(F)C(F)F)C2)c2cc(Br)ccc2c1=O)Nc1ncc(F)cn1. The molecule has 33 heavy (non-hydrogen) atoms. The standard InChI is InChI=1S/C19H15BrF4N6O3/c20-9-1-2-12-13(3-9)17(33-11-6-29(7-11)16(24)15(22)23)28-30(18(12)32)8-14(31)27-19-25-4-10(21)5-26-19/h1-5,11,15-16H,6-8H2,(H,25,26,27,31). The number of rotatable bonds is 7. The monoisotopic (exact) mass is 530 g/mol. The molecule has 0 aliphatic carbocycles. The number of aromatic nitrogens is 4. The summed E-state index contributed by atoms with van der Waals surface area (Å²) < 4.78 is 58.6. The molecule has 3 aromatic rings. The molecule has 4 rings (SSSR count). The Balaban J connectivity index is 1.57. The van der Waals surface area contributed by atoms with E-state index in [1.807, 2.05) is 0 Å². The Morgan fingerprint density at radius 1 is 1.21 bits per heavy atom. The number of halogens is 5. The first-order chi connectivity index (χ1) is 15.7. The Hall–Kier alpha value is -3.13. The maximum Gasteiger partial charge on any atom is 0.282 e. The van der Waals surface area contributed by atoms with Gasteiger partial charge in [0.1, 0.15) is 12.6 Å². The van der Waals surface area contributed by atoms with Gasteiger partial charge in [-0.15, -0.1) is 5.10 Å². The molecular weight excluding hydrogens is 516 g/mol. The number of nitrogens with one attached hydrogen (secondary N) is 1. The van der Waals surface area contributed by atoms with Crippen molar-refractivity contribution in [2.45, 2.75) is 25.4 Å². The number of fused-ring (bicyclic) bond motifs is 1. The highest BCUT2D eigenvalue weighted by Crippen LogP contribution is 2.28. The van der Waals surface area contributed by atoms with Crippen molar-refractivity contribution in [1.29, 1.82) is 0 Å². The fourth-order valence-corrected chi connectivity index (χ4v) is 3.52. The molecule has 1 aliphatic heterocycles. The first kappa shape index (κ1) is 23.0. The third kappa shape index (κ3) is 5.11. The number of nitrogens with zero attached hydrogens (tertiary/aromatic N) is 5. The lowest BCUT2D eigenvalue weighted by atomic mass is 10.1. The van der Waals surface area contributed by atoms with Gasteiger partial charge in [-0.3, -0.25) is 19.8 Å². The van der Waals surface area contributed by atoms with Crippen LogP contribution in [0.5, 0.6) is 5.88 Å². The van der Waals surface area contributed by atoms with Gasteiger partial charge in [0, 0.05) is 17.6 Å². The average Bonchev–Trinajstić information content (AvgIpc) is 2.74. The molecule has 2 aromatic heterocycles. The molecule has 1 saturated heterocycles. The number of carbonyl (C=O) groups is 1. The Bertz CT molecular complexity index is 1240. The highest BCUT2D eigenvalue weighted by atomic mass is 79.9. The second kappa shape index (κ2) is 9.39. The first-order valence-electron chi connectivity index (χ1n) is 9.52. The minimum atomic E-state index is -3.13. The molecule has 0 bridgehead atoms. The van der Waals surface area contributed by atoms with Crippen molar-refractivity contribution in [3.05, 3.63) is 51.2 Å². The van der Waals surface area contributed by atoms with Crippen LogP contribution in [0.4, 0.5) is 23.5 Å². The number of ether oxygens (including phenoxy) is 1. The van der Waals surface area contributed by atoms with Crippen LogP contribution in [0.3, 0.4) is 0 Å². The van der Waals surface area contributed by atoms with Crippen molar-refractivity contribution < 1.29 is 27.1 Å². The van der Waals surface area contributed by atoms with Crippen LogP contribution in [-0.2, 0) is 11.3 Å². The van der Waals surface area contributed by atoms with Crippen molar-refractivity contribution in [3.8, 4) is 5.88 Å². The number of hydrogen-bond acceptors (Lipinski definition) is 7. The first-order valence-corrected chi connectivity index (χ1v) is 10.3. The molecule has 0 saturated carbocycles. The van der Waals surface area contributed by atoms with Crippen molar-refractivity contribution in [2.24, 2.45) is 0 Å². The van der Waals surface area contributed by atoms with E-state index in [4.69, 9.17) is 4.74 Å². The molecular formula is C19H15BrF4N6O3. The normalized spacial score (nSPS) is 15.5. The van der Waals surface area contributed by atoms with Crippen LogP contribution >= 0.6 is 15.9 Å². The molecule has 9 nitrogen and oxygen atoms in total. The minimum Gasteiger partial charge on any atom is -0.470 e. The van der Waals surface area contributed by atoms with Crippen molar-refractivity contribution >= 4 is 38.6 Å². The zero-order valence-electron chi connectivity index (χ0n) is 16.6. The van der Waals surface area contributed by atoms with E-state index in [9.17, 15) is 27.2 Å². The van der Waals surface area contributed by atoms with Crippen LogP contribution in [0.2, 0.25) is 0 Å². The Labute approximate surface area is 191 Å². The zero-order chi connectivity index (χ0) is 23.7. The summed E-state index contributed by atoms with van der Waals surface area (Å²) >= 11 is 3.30. The largest absolute Gasteiger partial charge is 0.470 e. The van der Waals surface area contributed by atoms with E-state index in [1.54, 1.807) is 12.1 Å². The van der Waals surface area contributed by atoms with Crippen LogP contribution in [-0.4, -0.2) is 62.5 Å². The molecule has 1 aromatic carbocycles. The van der Waals surface area contributed by atoms with Gasteiger partial charge in [0.25, 0.3) is 12.0 Å². The summed E-state index contributed by atoms with van der Waals surface area (Å²) in [5, 5.41) is 6.95. The summed E-state index contributed by atoms with van der Waals surface area (Å²) in [5.74, 6) is -1.57. The van der Waals surface area contributed by atoms with Crippen LogP contribution in [0.25, 0.3) is 10.8 Å². The molecule has 0 radical (unpaired) electrons. The number of likely N-dealkylation sites (tertiary alicyclic amines) is 1. The van der Waals surface area contributed by atoms with E-state index in [0.29, 0.717) is 9.86 Å². The van der Waals surface area contributed by atoms with Gasteiger partial charge in [-0.25, -0.2) is 32.2 Å². The van der Waals surface area contributed by atoms with E-state index >= 15 is 0 Å². The van der Waals surface area contributed by atoms with Crippen LogP contribution in [0.1, 0.15) is 0 Å². The second-order valence-corrected chi connectivity index (χ2v) is 8.05.